The second-order valence-electron chi connectivity index (χ2n) is 4.79. The smallest absolute Gasteiger partial charge is 0 e. The van der Waals surface area contributed by atoms with Crippen molar-refractivity contribution in [2.45, 2.75) is 6.92 Å². The first kappa shape index (κ1) is 16.2. The van der Waals surface area contributed by atoms with Crippen molar-refractivity contribution in [1.29, 1.82) is 0 Å². The van der Waals surface area contributed by atoms with E-state index in [-0.39, 0.29) is 22.4 Å². The molecule has 3 aromatic carbocycles. The van der Waals surface area contributed by atoms with Gasteiger partial charge in [-0.05, 0) is 36.3 Å². The molecule has 0 heterocycles. The molecule has 0 saturated heterocycles. The van der Waals surface area contributed by atoms with E-state index in [4.69, 9.17) is 0 Å². The van der Waals surface area contributed by atoms with E-state index in [0.29, 0.717) is 0 Å². The summed E-state index contributed by atoms with van der Waals surface area (Å²) in [6.45, 7) is 2.20. The molecule has 0 amide bonds. The average Bonchev–Trinajstić information content (AvgIpc) is 2.52. The molecule has 2 heteroatoms. The number of hydrogen-bond acceptors (Lipinski definition) is 0. The van der Waals surface area contributed by atoms with Crippen LogP contribution in [-0.4, -0.2) is 0 Å². The predicted molar refractivity (Wildman–Crippen MR) is 89.9 cm³/mol. The van der Waals surface area contributed by atoms with Crippen LogP contribution >= 0.6 is 7.92 Å². The second kappa shape index (κ2) is 7.73. The zero-order valence-electron chi connectivity index (χ0n) is 11.8. The minimum absolute atomic E-state index is 0. The summed E-state index contributed by atoms with van der Waals surface area (Å²) in [7, 11) is -0.467. The van der Waals surface area contributed by atoms with E-state index in [2.05, 4.69) is 91.9 Å². The number of hydrogen-bond donors (Lipinski definition) is 0. The van der Waals surface area contributed by atoms with Gasteiger partial charge >= 0.3 is 0 Å². The van der Waals surface area contributed by atoms with Gasteiger partial charge in [-0.2, -0.15) is 0 Å². The maximum atomic E-state index is 2.26. The van der Waals surface area contributed by atoms with Gasteiger partial charge < -0.3 is 0 Å². The Bertz CT molecular complexity index is 641. The molecule has 21 heavy (non-hydrogen) atoms. The van der Waals surface area contributed by atoms with Gasteiger partial charge in [0, 0.05) is 22.4 Å². The van der Waals surface area contributed by atoms with Crippen molar-refractivity contribution < 1.29 is 22.4 Å². The fourth-order valence-electron chi connectivity index (χ4n) is 2.40. The van der Waals surface area contributed by atoms with Crippen LogP contribution in [0.4, 0.5) is 0 Å². The van der Waals surface area contributed by atoms with Crippen LogP contribution in [0.5, 0.6) is 0 Å². The molecule has 3 aromatic rings. The summed E-state index contributed by atoms with van der Waals surface area (Å²) in [5, 5.41) is 4.26. The molecule has 109 valence electrons. The van der Waals surface area contributed by atoms with Gasteiger partial charge in [0.05, 0.1) is 0 Å². The van der Waals surface area contributed by atoms with Crippen molar-refractivity contribution in [3.63, 3.8) is 0 Å². The van der Waals surface area contributed by atoms with Crippen LogP contribution in [-0.2, 0) is 22.4 Å². The van der Waals surface area contributed by atoms with Crippen LogP contribution in [0.25, 0.3) is 0 Å². The van der Waals surface area contributed by atoms with Crippen LogP contribution in [0.1, 0.15) is 5.56 Å². The summed E-state index contributed by atoms with van der Waals surface area (Å²) in [6, 6.07) is 30.4. The Kier molecular flexibility index (Phi) is 5.96. The summed E-state index contributed by atoms with van der Waals surface area (Å²) in [5.41, 5.74) is 1.37. The van der Waals surface area contributed by atoms with Crippen LogP contribution < -0.4 is 15.9 Å². The fourth-order valence-corrected chi connectivity index (χ4v) is 4.85. The normalized spacial score (nSPS) is 10.2. The van der Waals surface area contributed by atoms with Gasteiger partial charge in [-0.25, -0.2) is 0 Å². The second-order valence-corrected chi connectivity index (χ2v) is 6.98. The van der Waals surface area contributed by atoms with Gasteiger partial charge in [0.15, 0.2) is 0 Å². The van der Waals surface area contributed by atoms with Crippen molar-refractivity contribution in [3.05, 3.63) is 90.5 Å². The summed E-state index contributed by atoms with van der Waals surface area (Å²) < 4.78 is 0. The molecule has 3 rings (SSSR count). The van der Waals surface area contributed by atoms with Crippen molar-refractivity contribution in [2.75, 3.05) is 0 Å². The topological polar surface area (TPSA) is 0 Å². The summed E-state index contributed by atoms with van der Waals surface area (Å²) in [6.07, 6.45) is 0. The fraction of sp³-hybridized carbons (Fsp3) is 0.0526. The minimum Gasteiger partial charge on any atom is -0.0622 e. The molecule has 0 atom stereocenters. The van der Waals surface area contributed by atoms with Gasteiger partial charge in [0.2, 0.25) is 0 Å². The first-order valence-corrected chi connectivity index (χ1v) is 8.16. The van der Waals surface area contributed by atoms with E-state index < -0.39 is 7.92 Å². The van der Waals surface area contributed by atoms with Crippen molar-refractivity contribution >= 4 is 23.8 Å². The number of benzene rings is 3. The molecule has 0 N–H and O–H groups in total. The third-order valence-electron chi connectivity index (χ3n) is 3.39. The van der Waals surface area contributed by atoms with E-state index in [0.717, 1.165) is 0 Å². The molecular formula is C19H17AuP. The summed E-state index contributed by atoms with van der Waals surface area (Å²) in [4.78, 5) is 0. The maximum Gasteiger partial charge on any atom is 0 e. The summed E-state index contributed by atoms with van der Waals surface area (Å²) >= 11 is 0. The first-order valence-electron chi connectivity index (χ1n) is 6.82. The molecule has 0 spiro atoms. The maximum absolute atomic E-state index is 2.26. The van der Waals surface area contributed by atoms with E-state index in [1.807, 2.05) is 0 Å². The van der Waals surface area contributed by atoms with Gasteiger partial charge in [-0.3, -0.25) is 0 Å². The van der Waals surface area contributed by atoms with E-state index in [1.54, 1.807) is 0 Å². The molecule has 0 fully saturated rings. The van der Waals surface area contributed by atoms with E-state index in [1.165, 1.54) is 21.5 Å². The molecule has 0 aromatic heterocycles. The molecule has 0 unspecified atom stereocenters. The Hall–Kier alpha value is -1.17. The van der Waals surface area contributed by atoms with E-state index in [9.17, 15) is 0 Å². The molecule has 0 saturated carbocycles. The summed E-state index contributed by atoms with van der Waals surface area (Å²) in [5.74, 6) is 0. The minimum atomic E-state index is -0.467. The molecule has 0 nitrogen and oxygen atoms in total. The van der Waals surface area contributed by atoms with Gasteiger partial charge in [-0.1, -0.05) is 84.9 Å². The molecule has 0 aliphatic heterocycles. The number of aryl methyl sites for hydroxylation is 1. The van der Waals surface area contributed by atoms with Crippen LogP contribution in [0.15, 0.2) is 84.9 Å². The largest absolute Gasteiger partial charge is 0.0622 e. The predicted octanol–water partition coefficient (Wildman–Crippen LogP) is 3.75. The molecule has 1 radical (unpaired) electrons. The zero-order valence-corrected chi connectivity index (χ0v) is 14.9. The Labute approximate surface area is 143 Å². The Morgan fingerprint density at radius 2 is 1.00 bits per heavy atom. The first-order chi connectivity index (χ1) is 9.86. The van der Waals surface area contributed by atoms with Gasteiger partial charge in [0.1, 0.15) is 0 Å². The molecule has 0 bridgehead atoms. The number of rotatable bonds is 3. The molecule has 0 aliphatic carbocycles. The Morgan fingerprint density at radius 1 is 0.571 bits per heavy atom. The SMILES string of the molecule is Cc1ccccc1P(c1ccccc1)c1ccccc1.[Au]. The van der Waals surface area contributed by atoms with Crippen molar-refractivity contribution in [3.8, 4) is 0 Å². The van der Waals surface area contributed by atoms with Gasteiger partial charge in [-0.15, -0.1) is 0 Å². The Morgan fingerprint density at radius 3 is 1.48 bits per heavy atom. The monoisotopic (exact) mass is 473 g/mol. The third kappa shape index (κ3) is 3.73. The van der Waals surface area contributed by atoms with E-state index >= 15 is 0 Å². The van der Waals surface area contributed by atoms with Crippen molar-refractivity contribution in [1.82, 2.24) is 0 Å². The third-order valence-corrected chi connectivity index (χ3v) is 6.00. The van der Waals surface area contributed by atoms with Gasteiger partial charge in [0.25, 0.3) is 0 Å². The molecular weight excluding hydrogens is 456 g/mol. The zero-order chi connectivity index (χ0) is 13.8. The molecule has 0 aliphatic rings. The quantitative estimate of drug-likeness (QED) is 0.402. The standard InChI is InChI=1S/C19H17P.Au/c1-16-10-8-9-15-19(16)20(17-11-4-2-5-12-17)18-13-6-3-7-14-18;/h2-15H,1H3;. The van der Waals surface area contributed by atoms with Crippen LogP contribution in [0.2, 0.25) is 0 Å². The Balaban J connectivity index is 0.00000161. The van der Waals surface area contributed by atoms with Crippen LogP contribution in [0.3, 0.4) is 0 Å². The van der Waals surface area contributed by atoms with Crippen LogP contribution in [0, 0.1) is 6.92 Å². The van der Waals surface area contributed by atoms with Crippen molar-refractivity contribution in [2.24, 2.45) is 0 Å². The average molecular weight is 473 g/mol.